The zero-order chi connectivity index (χ0) is 17.9. The maximum absolute atomic E-state index is 14.7. The minimum absolute atomic E-state index is 0.176. The SMILES string of the molecule is CCN(CC)c1cc(Cl)c(F)c(C(O)(C(N)=O)c2ccccc2)c1. The van der Waals surface area contributed by atoms with Gasteiger partial charge in [0.15, 0.2) is 5.60 Å². The van der Waals surface area contributed by atoms with Gasteiger partial charge in [-0.15, -0.1) is 0 Å². The molecule has 2 aromatic rings. The Morgan fingerprint density at radius 1 is 1.25 bits per heavy atom. The molecule has 3 N–H and O–H groups in total. The molecule has 0 spiro atoms. The van der Waals surface area contributed by atoms with Crippen LogP contribution in [0.25, 0.3) is 0 Å². The summed E-state index contributed by atoms with van der Waals surface area (Å²) in [7, 11) is 0. The van der Waals surface area contributed by atoms with Gasteiger partial charge in [-0.05, 0) is 31.5 Å². The van der Waals surface area contributed by atoms with Crippen molar-refractivity contribution in [2.75, 3.05) is 18.0 Å². The molecule has 6 heteroatoms. The van der Waals surface area contributed by atoms with Gasteiger partial charge in [-0.3, -0.25) is 4.79 Å². The quantitative estimate of drug-likeness (QED) is 0.841. The first kappa shape index (κ1) is 18.2. The number of hydrogen-bond acceptors (Lipinski definition) is 3. The Morgan fingerprint density at radius 2 is 1.83 bits per heavy atom. The first-order valence-electron chi connectivity index (χ1n) is 7.68. The van der Waals surface area contributed by atoms with Gasteiger partial charge < -0.3 is 15.7 Å². The average Bonchev–Trinajstić information content (AvgIpc) is 2.58. The summed E-state index contributed by atoms with van der Waals surface area (Å²) in [6, 6.07) is 10.9. The van der Waals surface area contributed by atoms with E-state index in [-0.39, 0.29) is 16.1 Å². The van der Waals surface area contributed by atoms with Crippen molar-refractivity contribution in [2.45, 2.75) is 19.4 Å². The standard InChI is InChI=1S/C18H20ClFN2O2/c1-3-22(4-2)13-10-14(16(20)15(19)11-13)18(24,17(21)23)12-8-6-5-7-9-12/h5-11,24H,3-4H2,1-2H3,(H2,21,23). The lowest BCUT2D eigenvalue weighted by atomic mass is 9.85. The van der Waals surface area contributed by atoms with Crippen LogP contribution >= 0.6 is 11.6 Å². The summed E-state index contributed by atoms with van der Waals surface area (Å²) < 4.78 is 14.7. The largest absolute Gasteiger partial charge is 0.372 e. The third kappa shape index (κ3) is 3.09. The monoisotopic (exact) mass is 350 g/mol. The van der Waals surface area contributed by atoms with Crippen molar-refractivity contribution < 1.29 is 14.3 Å². The van der Waals surface area contributed by atoms with Crippen LogP contribution in [0.1, 0.15) is 25.0 Å². The van der Waals surface area contributed by atoms with Crippen LogP contribution in [0.4, 0.5) is 10.1 Å². The molecule has 1 amide bonds. The summed E-state index contributed by atoms with van der Waals surface area (Å²) in [6.45, 7) is 5.21. The highest BCUT2D eigenvalue weighted by atomic mass is 35.5. The van der Waals surface area contributed by atoms with Gasteiger partial charge in [0.1, 0.15) is 5.82 Å². The van der Waals surface area contributed by atoms with Gasteiger partial charge in [-0.1, -0.05) is 41.9 Å². The molecule has 0 radical (unpaired) electrons. The molecule has 0 heterocycles. The van der Waals surface area contributed by atoms with E-state index in [2.05, 4.69) is 0 Å². The number of primary amides is 1. The molecule has 4 nitrogen and oxygen atoms in total. The minimum atomic E-state index is -2.31. The van der Waals surface area contributed by atoms with Gasteiger partial charge in [-0.2, -0.15) is 0 Å². The third-order valence-electron chi connectivity index (χ3n) is 4.08. The molecule has 0 aliphatic heterocycles. The second kappa shape index (κ2) is 7.20. The summed E-state index contributed by atoms with van der Waals surface area (Å²) in [6.07, 6.45) is 0. The number of benzene rings is 2. The fourth-order valence-corrected chi connectivity index (χ4v) is 2.93. The fourth-order valence-electron chi connectivity index (χ4n) is 2.72. The Hall–Kier alpha value is -2.11. The Kier molecular flexibility index (Phi) is 5.47. The maximum atomic E-state index is 14.7. The van der Waals surface area contributed by atoms with Crippen LogP contribution in [0.2, 0.25) is 5.02 Å². The van der Waals surface area contributed by atoms with Gasteiger partial charge in [0.2, 0.25) is 0 Å². The first-order valence-corrected chi connectivity index (χ1v) is 8.06. The van der Waals surface area contributed by atoms with Crippen molar-refractivity contribution in [3.63, 3.8) is 0 Å². The number of aliphatic hydroxyl groups is 1. The van der Waals surface area contributed by atoms with E-state index in [0.717, 1.165) is 0 Å². The van der Waals surface area contributed by atoms with Gasteiger partial charge in [-0.25, -0.2) is 4.39 Å². The molecule has 0 aliphatic rings. The number of carbonyl (C=O) groups is 1. The summed E-state index contributed by atoms with van der Waals surface area (Å²) in [5, 5.41) is 10.8. The van der Waals surface area contributed by atoms with E-state index in [9.17, 15) is 14.3 Å². The smallest absolute Gasteiger partial charge is 0.258 e. The van der Waals surface area contributed by atoms with Crippen LogP contribution in [-0.2, 0) is 10.4 Å². The lowest BCUT2D eigenvalue weighted by Crippen LogP contribution is -2.43. The molecule has 0 aliphatic carbocycles. The van der Waals surface area contributed by atoms with Crippen molar-refractivity contribution in [3.05, 3.63) is 64.4 Å². The highest BCUT2D eigenvalue weighted by Gasteiger charge is 2.41. The maximum Gasteiger partial charge on any atom is 0.258 e. The van der Waals surface area contributed by atoms with Crippen LogP contribution in [0.3, 0.4) is 0 Å². The van der Waals surface area contributed by atoms with Gasteiger partial charge in [0.25, 0.3) is 5.91 Å². The van der Waals surface area contributed by atoms with Gasteiger partial charge in [0.05, 0.1) is 5.02 Å². The molecule has 2 rings (SSSR count). The molecule has 128 valence electrons. The second-order valence-electron chi connectivity index (χ2n) is 5.40. The molecule has 0 fully saturated rings. The van der Waals surface area contributed by atoms with E-state index in [1.165, 1.54) is 24.3 Å². The molecular formula is C18H20ClFN2O2. The van der Waals surface area contributed by atoms with E-state index in [0.29, 0.717) is 18.8 Å². The zero-order valence-corrected chi connectivity index (χ0v) is 14.3. The van der Waals surface area contributed by atoms with Crippen LogP contribution < -0.4 is 10.6 Å². The lowest BCUT2D eigenvalue weighted by molar-refractivity contribution is -0.133. The number of rotatable bonds is 6. The van der Waals surface area contributed by atoms with Crippen molar-refractivity contribution in [1.29, 1.82) is 0 Å². The number of halogens is 2. The van der Waals surface area contributed by atoms with E-state index < -0.39 is 17.3 Å². The molecule has 0 aromatic heterocycles. The molecule has 24 heavy (non-hydrogen) atoms. The van der Waals surface area contributed by atoms with Crippen LogP contribution in [-0.4, -0.2) is 24.1 Å². The van der Waals surface area contributed by atoms with Crippen LogP contribution in [0.15, 0.2) is 42.5 Å². The Labute approximate surface area is 145 Å². The normalized spacial score (nSPS) is 13.4. The van der Waals surface area contributed by atoms with Crippen LogP contribution in [0.5, 0.6) is 0 Å². The molecule has 0 saturated carbocycles. The fraction of sp³-hybridized carbons (Fsp3) is 0.278. The number of nitrogens with zero attached hydrogens (tertiary/aromatic N) is 1. The molecule has 1 unspecified atom stereocenters. The van der Waals surface area contributed by atoms with Crippen molar-refractivity contribution >= 4 is 23.2 Å². The van der Waals surface area contributed by atoms with E-state index in [1.54, 1.807) is 18.2 Å². The Bertz CT molecular complexity index is 735. The number of nitrogens with two attached hydrogens (primary N) is 1. The second-order valence-corrected chi connectivity index (χ2v) is 5.81. The van der Waals surface area contributed by atoms with E-state index >= 15 is 0 Å². The molecular weight excluding hydrogens is 331 g/mol. The topological polar surface area (TPSA) is 66.6 Å². The summed E-state index contributed by atoms with van der Waals surface area (Å²) in [5.74, 6) is -1.93. The molecule has 2 aromatic carbocycles. The van der Waals surface area contributed by atoms with Crippen molar-refractivity contribution in [3.8, 4) is 0 Å². The Balaban J connectivity index is 2.74. The summed E-state index contributed by atoms with van der Waals surface area (Å²) in [5.41, 5.74) is 3.66. The predicted octanol–water partition coefficient (Wildman–Crippen LogP) is 3.05. The zero-order valence-electron chi connectivity index (χ0n) is 13.6. The highest BCUT2D eigenvalue weighted by molar-refractivity contribution is 6.31. The Morgan fingerprint density at radius 3 is 2.33 bits per heavy atom. The number of hydrogen-bond donors (Lipinski definition) is 2. The molecule has 0 bridgehead atoms. The van der Waals surface area contributed by atoms with E-state index in [1.807, 2.05) is 18.7 Å². The van der Waals surface area contributed by atoms with Gasteiger partial charge in [0, 0.05) is 24.3 Å². The lowest BCUT2D eigenvalue weighted by Gasteiger charge is -2.29. The third-order valence-corrected chi connectivity index (χ3v) is 4.35. The summed E-state index contributed by atoms with van der Waals surface area (Å²) in [4.78, 5) is 14.0. The molecule has 0 saturated heterocycles. The number of carbonyl (C=O) groups excluding carboxylic acids is 1. The van der Waals surface area contributed by atoms with Crippen molar-refractivity contribution in [2.24, 2.45) is 5.73 Å². The summed E-state index contributed by atoms with van der Waals surface area (Å²) >= 11 is 6.01. The minimum Gasteiger partial charge on any atom is -0.372 e. The van der Waals surface area contributed by atoms with Crippen LogP contribution in [0, 0.1) is 5.82 Å². The predicted molar refractivity (Wildman–Crippen MR) is 93.6 cm³/mol. The molecule has 1 atom stereocenters. The van der Waals surface area contributed by atoms with Crippen molar-refractivity contribution in [1.82, 2.24) is 0 Å². The average molecular weight is 351 g/mol. The van der Waals surface area contributed by atoms with Gasteiger partial charge >= 0.3 is 0 Å². The number of amides is 1. The van der Waals surface area contributed by atoms with E-state index in [4.69, 9.17) is 17.3 Å². The number of anilines is 1. The first-order chi connectivity index (χ1) is 11.4. The highest BCUT2D eigenvalue weighted by Crippen LogP contribution is 2.37.